The van der Waals surface area contributed by atoms with E-state index in [1.54, 1.807) is 17.8 Å². The Morgan fingerprint density at radius 1 is 1.25 bits per heavy atom. The lowest BCUT2D eigenvalue weighted by Gasteiger charge is -2.09. The minimum Gasteiger partial charge on any atom is -0.398 e. The number of nitrogens with one attached hydrogen (secondary N) is 1. The molecule has 0 spiro atoms. The van der Waals surface area contributed by atoms with Gasteiger partial charge in [0.1, 0.15) is 0 Å². The number of carbonyl (C=O) groups is 1. The van der Waals surface area contributed by atoms with Crippen LogP contribution in [0.2, 0.25) is 0 Å². The van der Waals surface area contributed by atoms with E-state index in [2.05, 4.69) is 21.4 Å². The molecule has 0 saturated heterocycles. The van der Waals surface area contributed by atoms with Gasteiger partial charge in [0.25, 0.3) is 5.91 Å². The van der Waals surface area contributed by atoms with Crippen molar-refractivity contribution in [3.8, 4) is 0 Å². The molecule has 1 amide bonds. The predicted molar refractivity (Wildman–Crippen MR) is 86.2 cm³/mol. The smallest absolute Gasteiger partial charge is 0.265 e. The van der Waals surface area contributed by atoms with Gasteiger partial charge in [0.15, 0.2) is 0 Å². The molecule has 0 heterocycles. The van der Waals surface area contributed by atoms with Crippen molar-refractivity contribution in [3.63, 3.8) is 0 Å². The second-order valence-electron chi connectivity index (χ2n) is 4.10. The van der Waals surface area contributed by atoms with E-state index in [9.17, 15) is 4.79 Å². The maximum Gasteiger partial charge on any atom is 0.265 e. The molecule has 5 N–H and O–H groups in total. The molecule has 0 aromatic heterocycles. The van der Waals surface area contributed by atoms with Gasteiger partial charge in [-0.2, -0.15) is 0 Å². The van der Waals surface area contributed by atoms with Crippen LogP contribution in [-0.4, -0.2) is 5.91 Å². The second-order valence-corrected chi connectivity index (χ2v) is 6.03. The van der Waals surface area contributed by atoms with E-state index in [-0.39, 0.29) is 5.91 Å². The van der Waals surface area contributed by atoms with E-state index < -0.39 is 0 Å². The molecule has 0 aliphatic heterocycles. The normalized spacial score (nSPS) is 10.3. The first kappa shape index (κ1) is 14.9. The number of amides is 1. The molecule has 4 nitrogen and oxygen atoms in total. The zero-order valence-electron chi connectivity index (χ0n) is 10.6. The fourth-order valence-corrected chi connectivity index (χ4v) is 3.25. The van der Waals surface area contributed by atoms with Gasteiger partial charge in [-0.15, -0.1) is 11.8 Å². The van der Waals surface area contributed by atoms with Crippen molar-refractivity contribution in [2.24, 2.45) is 5.84 Å². The zero-order chi connectivity index (χ0) is 14.5. The quantitative estimate of drug-likeness (QED) is 0.260. The summed E-state index contributed by atoms with van der Waals surface area (Å²) in [6.07, 6.45) is 0. The van der Waals surface area contributed by atoms with Crippen molar-refractivity contribution in [2.75, 3.05) is 5.73 Å². The SMILES string of the molecule is NNC(=O)c1ccccc1CSc1cc(Br)ccc1N. The standard InChI is InChI=1S/C14H14BrN3OS/c15-10-5-6-12(16)13(7-10)20-8-9-3-1-2-4-11(9)14(19)18-17/h1-7H,8,16-17H2,(H,18,19). The van der Waals surface area contributed by atoms with Gasteiger partial charge in [-0.3, -0.25) is 10.2 Å². The number of hydrogen-bond donors (Lipinski definition) is 3. The molecule has 6 heteroatoms. The molecule has 0 radical (unpaired) electrons. The molecule has 0 aliphatic carbocycles. The Bertz CT molecular complexity index is 634. The third-order valence-electron chi connectivity index (χ3n) is 2.75. The van der Waals surface area contributed by atoms with E-state index in [0.29, 0.717) is 11.3 Å². The van der Waals surface area contributed by atoms with Crippen LogP contribution in [0.25, 0.3) is 0 Å². The van der Waals surface area contributed by atoms with Crippen LogP contribution < -0.4 is 17.0 Å². The van der Waals surface area contributed by atoms with Gasteiger partial charge < -0.3 is 5.73 Å². The van der Waals surface area contributed by atoms with Crippen LogP contribution >= 0.6 is 27.7 Å². The fourth-order valence-electron chi connectivity index (χ4n) is 1.73. The Labute approximate surface area is 130 Å². The summed E-state index contributed by atoms with van der Waals surface area (Å²) in [4.78, 5) is 12.7. The monoisotopic (exact) mass is 351 g/mol. The topological polar surface area (TPSA) is 81.1 Å². The maximum absolute atomic E-state index is 11.7. The average Bonchev–Trinajstić information content (AvgIpc) is 2.47. The van der Waals surface area contributed by atoms with Gasteiger partial charge in [-0.1, -0.05) is 34.1 Å². The number of nitrogen functional groups attached to an aromatic ring is 2. The lowest BCUT2D eigenvalue weighted by molar-refractivity contribution is 0.0953. The van der Waals surface area contributed by atoms with Gasteiger partial charge >= 0.3 is 0 Å². The molecular formula is C14H14BrN3OS. The summed E-state index contributed by atoms with van der Waals surface area (Å²) in [5, 5.41) is 0. The first-order valence-corrected chi connectivity index (χ1v) is 7.66. The number of nitrogens with two attached hydrogens (primary N) is 2. The van der Waals surface area contributed by atoms with Crippen molar-refractivity contribution in [2.45, 2.75) is 10.6 Å². The molecule has 0 saturated carbocycles. The van der Waals surface area contributed by atoms with E-state index in [4.69, 9.17) is 11.6 Å². The molecule has 2 rings (SSSR count). The van der Waals surface area contributed by atoms with Crippen LogP contribution in [0.15, 0.2) is 51.8 Å². The summed E-state index contributed by atoms with van der Waals surface area (Å²) < 4.78 is 0.974. The van der Waals surface area contributed by atoms with Crippen LogP contribution in [0, 0.1) is 0 Å². The molecule has 20 heavy (non-hydrogen) atoms. The highest BCUT2D eigenvalue weighted by Gasteiger charge is 2.10. The Morgan fingerprint density at radius 3 is 2.75 bits per heavy atom. The van der Waals surface area contributed by atoms with Gasteiger partial charge in [-0.05, 0) is 29.8 Å². The van der Waals surface area contributed by atoms with Gasteiger partial charge in [-0.25, -0.2) is 5.84 Å². The number of thioether (sulfide) groups is 1. The summed E-state index contributed by atoms with van der Waals surface area (Å²) in [6.45, 7) is 0. The molecule has 0 aliphatic rings. The van der Waals surface area contributed by atoms with Crippen molar-refractivity contribution >= 4 is 39.3 Å². The Morgan fingerprint density at radius 2 is 2.00 bits per heavy atom. The highest BCUT2D eigenvalue weighted by molar-refractivity contribution is 9.10. The highest BCUT2D eigenvalue weighted by Crippen LogP contribution is 2.31. The summed E-state index contributed by atoms with van der Waals surface area (Å²) >= 11 is 5.00. The molecule has 0 atom stereocenters. The highest BCUT2D eigenvalue weighted by atomic mass is 79.9. The number of halogens is 1. The van der Waals surface area contributed by atoms with Crippen LogP contribution in [0.4, 0.5) is 5.69 Å². The first-order chi connectivity index (χ1) is 9.61. The molecular weight excluding hydrogens is 338 g/mol. The summed E-state index contributed by atoms with van der Waals surface area (Å²) in [7, 11) is 0. The number of anilines is 1. The molecule has 2 aromatic rings. The lowest BCUT2D eigenvalue weighted by Crippen LogP contribution is -2.30. The van der Waals surface area contributed by atoms with Crippen molar-refractivity contribution in [1.82, 2.24) is 5.43 Å². The van der Waals surface area contributed by atoms with Crippen molar-refractivity contribution in [3.05, 3.63) is 58.1 Å². The fraction of sp³-hybridized carbons (Fsp3) is 0.0714. The second kappa shape index (κ2) is 6.78. The molecule has 2 aromatic carbocycles. The average molecular weight is 352 g/mol. The molecule has 104 valence electrons. The summed E-state index contributed by atoms with van der Waals surface area (Å²) in [5.74, 6) is 5.55. The van der Waals surface area contributed by atoms with E-state index in [1.807, 2.05) is 36.4 Å². The molecule has 0 unspecified atom stereocenters. The minimum absolute atomic E-state index is 0.289. The number of hydrogen-bond acceptors (Lipinski definition) is 4. The predicted octanol–water partition coefficient (Wildman–Crippen LogP) is 2.93. The largest absolute Gasteiger partial charge is 0.398 e. The Balaban J connectivity index is 2.19. The number of rotatable bonds is 4. The Hall–Kier alpha value is -1.50. The molecule has 0 fully saturated rings. The van der Waals surface area contributed by atoms with Crippen LogP contribution in [0.3, 0.4) is 0 Å². The maximum atomic E-state index is 11.7. The van der Waals surface area contributed by atoms with Crippen molar-refractivity contribution in [1.29, 1.82) is 0 Å². The van der Waals surface area contributed by atoms with Gasteiger partial charge in [0.2, 0.25) is 0 Å². The van der Waals surface area contributed by atoms with Crippen LogP contribution in [0.5, 0.6) is 0 Å². The first-order valence-electron chi connectivity index (χ1n) is 5.88. The number of hydrazine groups is 1. The third-order valence-corrected chi connectivity index (χ3v) is 4.37. The summed E-state index contributed by atoms with van der Waals surface area (Å²) in [5.41, 5.74) is 10.3. The van der Waals surface area contributed by atoms with Crippen LogP contribution in [0.1, 0.15) is 15.9 Å². The third kappa shape index (κ3) is 3.53. The minimum atomic E-state index is -0.289. The number of benzene rings is 2. The van der Waals surface area contributed by atoms with Crippen LogP contribution in [-0.2, 0) is 5.75 Å². The summed E-state index contributed by atoms with van der Waals surface area (Å²) in [6, 6.07) is 13.1. The lowest BCUT2D eigenvalue weighted by atomic mass is 10.1. The van der Waals surface area contributed by atoms with Crippen molar-refractivity contribution < 1.29 is 4.79 Å². The number of carbonyl (C=O) groups excluding carboxylic acids is 1. The van der Waals surface area contributed by atoms with E-state index in [0.717, 1.165) is 20.6 Å². The van der Waals surface area contributed by atoms with Gasteiger partial charge in [0.05, 0.1) is 0 Å². The van der Waals surface area contributed by atoms with E-state index in [1.165, 1.54) is 0 Å². The molecule has 0 bridgehead atoms. The zero-order valence-corrected chi connectivity index (χ0v) is 13.0. The van der Waals surface area contributed by atoms with Gasteiger partial charge in [0, 0.05) is 26.4 Å². The Kier molecular flexibility index (Phi) is 5.05. The van der Waals surface area contributed by atoms with E-state index >= 15 is 0 Å².